The Hall–Kier alpha value is -4.16. The maximum atomic E-state index is 12.5. The number of anilines is 1. The summed E-state index contributed by atoms with van der Waals surface area (Å²) in [5.41, 5.74) is 3.15. The van der Waals surface area contributed by atoms with Crippen LogP contribution in [-0.2, 0) is 26.2 Å². The highest BCUT2D eigenvalue weighted by Crippen LogP contribution is 2.28. The number of furan rings is 1. The zero-order valence-corrected chi connectivity index (χ0v) is 21.0. The van der Waals surface area contributed by atoms with Crippen molar-refractivity contribution in [3.8, 4) is 5.75 Å². The number of nitrogens with one attached hydrogen (secondary N) is 2. The quantitative estimate of drug-likeness (QED) is 0.259. The van der Waals surface area contributed by atoms with E-state index in [9.17, 15) is 18.0 Å². The summed E-state index contributed by atoms with van der Waals surface area (Å²) in [6.45, 7) is 1.83. The van der Waals surface area contributed by atoms with Crippen LogP contribution in [0.5, 0.6) is 5.75 Å². The highest BCUT2D eigenvalue weighted by atomic mass is 32.2. The topological polar surface area (TPSA) is 134 Å². The van der Waals surface area contributed by atoms with Gasteiger partial charge in [0.1, 0.15) is 17.3 Å². The third-order valence-electron chi connectivity index (χ3n) is 5.72. The minimum atomic E-state index is -3.67. The summed E-state index contributed by atoms with van der Waals surface area (Å²) in [7, 11) is -2.06. The molecule has 1 aliphatic heterocycles. The number of hydrogen-bond donors (Lipinski definition) is 2. The van der Waals surface area contributed by atoms with E-state index >= 15 is 0 Å². The van der Waals surface area contributed by atoms with Gasteiger partial charge in [-0.25, -0.2) is 18.6 Å². The molecule has 1 saturated heterocycles. The molecule has 11 nitrogen and oxygen atoms in total. The molecule has 4 rings (SSSR count). The molecule has 3 aromatic rings. The minimum absolute atomic E-state index is 0.0588. The highest BCUT2D eigenvalue weighted by molar-refractivity contribution is 7.89. The van der Waals surface area contributed by atoms with Crippen LogP contribution in [0, 0.1) is 0 Å². The van der Waals surface area contributed by atoms with Crippen molar-refractivity contribution in [2.75, 3.05) is 38.2 Å². The molecular weight excluding hydrogens is 498 g/mol. The third kappa shape index (κ3) is 6.54. The lowest BCUT2D eigenvalue weighted by molar-refractivity contribution is -0.146. The van der Waals surface area contributed by atoms with E-state index < -0.39 is 21.8 Å². The molecule has 0 bridgehead atoms. The van der Waals surface area contributed by atoms with Crippen LogP contribution in [0.3, 0.4) is 0 Å². The average molecular weight is 526 g/mol. The largest absolute Gasteiger partial charge is 0.495 e. The predicted molar refractivity (Wildman–Crippen MR) is 137 cm³/mol. The molecule has 0 spiro atoms. The number of rotatable bonds is 8. The summed E-state index contributed by atoms with van der Waals surface area (Å²) in [5.74, 6) is -0.135. The first kappa shape index (κ1) is 25.9. The maximum Gasteiger partial charge on any atom is 0.329 e. The first-order chi connectivity index (χ1) is 17.9. The van der Waals surface area contributed by atoms with E-state index in [1.165, 1.54) is 23.2 Å². The molecule has 1 aliphatic rings. The molecule has 0 unspecified atom stereocenters. The summed E-state index contributed by atoms with van der Waals surface area (Å²) in [6.07, 6.45) is 1.24. The highest BCUT2D eigenvalue weighted by Gasteiger charge is 2.27. The molecular formula is C25H27N5O6S. The van der Waals surface area contributed by atoms with Crippen molar-refractivity contribution in [3.05, 3.63) is 78.3 Å². The second-order valence-electron chi connectivity index (χ2n) is 8.09. The summed E-state index contributed by atoms with van der Waals surface area (Å²) < 4.78 is 38.0. The molecule has 194 valence electrons. The van der Waals surface area contributed by atoms with Crippen LogP contribution in [-0.4, -0.2) is 64.6 Å². The summed E-state index contributed by atoms with van der Waals surface area (Å²) >= 11 is 0. The van der Waals surface area contributed by atoms with E-state index in [1.807, 2.05) is 24.3 Å². The SMILES string of the molecule is COc1ccccc1N1CCN(C(=O)C(=O)N/N=C/c2ccc(CNS(=O)(=O)c3ccccc3)o2)CC1. The Morgan fingerprint density at radius 1 is 1.00 bits per heavy atom. The first-order valence-electron chi connectivity index (χ1n) is 11.5. The van der Waals surface area contributed by atoms with Gasteiger partial charge in [-0.1, -0.05) is 30.3 Å². The lowest BCUT2D eigenvalue weighted by Gasteiger charge is -2.36. The second kappa shape index (κ2) is 11.7. The number of hydrogen-bond acceptors (Lipinski definition) is 8. The first-order valence-corrected chi connectivity index (χ1v) is 13.0. The minimum Gasteiger partial charge on any atom is -0.495 e. The van der Waals surface area contributed by atoms with Gasteiger partial charge in [0.05, 0.1) is 30.5 Å². The Kier molecular flexibility index (Phi) is 8.21. The average Bonchev–Trinajstić information content (AvgIpc) is 3.40. The fraction of sp³-hybridized carbons (Fsp3) is 0.240. The Bertz CT molecular complexity index is 1360. The number of para-hydroxylation sites is 2. The number of carbonyl (C=O) groups excluding carboxylic acids is 2. The van der Waals surface area contributed by atoms with E-state index in [1.54, 1.807) is 37.4 Å². The number of benzene rings is 2. The Balaban J connectivity index is 1.24. The van der Waals surface area contributed by atoms with Crippen LogP contribution in [0.15, 0.2) is 81.1 Å². The van der Waals surface area contributed by atoms with E-state index in [0.717, 1.165) is 11.4 Å². The fourth-order valence-corrected chi connectivity index (χ4v) is 4.81. The molecule has 12 heteroatoms. The van der Waals surface area contributed by atoms with E-state index in [0.29, 0.717) is 31.9 Å². The standard InChI is InChI=1S/C25H27N5O6S/c1-35-23-10-6-5-9-22(23)29-13-15-30(16-14-29)25(32)24(31)28-26-17-19-11-12-20(36-19)18-27-37(33,34)21-7-3-2-4-8-21/h2-12,17,27H,13-16,18H2,1H3,(H,28,31)/b26-17+. The van der Waals surface area contributed by atoms with Crippen molar-refractivity contribution in [1.82, 2.24) is 15.0 Å². The number of amides is 2. The molecule has 2 heterocycles. The van der Waals surface area contributed by atoms with Gasteiger partial charge in [-0.05, 0) is 36.4 Å². The van der Waals surface area contributed by atoms with Crippen molar-refractivity contribution in [2.24, 2.45) is 5.10 Å². The van der Waals surface area contributed by atoms with Gasteiger partial charge in [0, 0.05) is 26.2 Å². The Morgan fingerprint density at radius 2 is 1.70 bits per heavy atom. The van der Waals surface area contributed by atoms with Gasteiger partial charge in [0.15, 0.2) is 0 Å². The van der Waals surface area contributed by atoms with Crippen molar-refractivity contribution < 1.29 is 27.2 Å². The third-order valence-corrected chi connectivity index (χ3v) is 7.13. The Labute approximate surface area is 214 Å². The summed E-state index contributed by atoms with van der Waals surface area (Å²) in [4.78, 5) is 28.5. The second-order valence-corrected chi connectivity index (χ2v) is 9.86. The monoisotopic (exact) mass is 525 g/mol. The van der Waals surface area contributed by atoms with Gasteiger partial charge < -0.3 is 19.0 Å². The number of nitrogens with zero attached hydrogens (tertiary/aromatic N) is 3. The molecule has 2 N–H and O–H groups in total. The van der Waals surface area contributed by atoms with Gasteiger partial charge in [-0.3, -0.25) is 9.59 Å². The predicted octanol–water partition coefficient (Wildman–Crippen LogP) is 1.57. The number of sulfonamides is 1. The van der Waals surface area contributed by atoms with Crippen molar-refractivity contribution in [2.45, 2.75) is 11.4 Å². The smallest absolute Gasteiger partial charge is 0.329 e. The number of ether oxygens (including phenoxy) is 1. The molecule has 1 aromatic heterocycles. The number of hydrazone groups is 1. The van der Waals surface area contributed by atoms with Crippen molar-refractivity contribution in [1.29, 1.82) is 0 Å². The number of carbonyl (C=O) groups is 2. The van der Waals surface area contributed by atoms with E-state index in [4.69, 9.17) is 9.15 Å². The molecule has 2 aromatic carbocycles. The van der Waals surface area contributed by atoms with Crippen molar-refractivity contribution >= 4 is 33.7 Å². The number of methoxy groups -OCH3 is 1. The zero-order valence-electron chi connectivity index (χ0n) is 20.2. The van der Waals surface area contributed by atoms with Crippen LogP contribution in [0.25, 0.3) is 0 Å². The van der Waals surface area contributed by atoms with Crippen LogP contribution in [0.2, 0.25) is 0 Å². The fourth-order valence-electron chi connectivity index (χ4n) is 3.80. The van der Waals surface area contributed by atoms with Crippen LogP contribution in [0.4, 0.5) is 5.69 Å². The van der Waals surface area contributed by atoms with Crippen LogP contribution in [0.1, 0.15) is 11.5 Å². The van der Waals surface area contributed by atoms with E-state index in [-0.39, 0.29) is 17.2 Å². The van der Waals surface area contributed by atoms with Gasteiger partial charge in [0.25, 0.3) is 0 Å². The van der Waals surface area contributed by atoms with Gasteiger partial charge in [-0.2, -0.15) is 5.10 Å². The van der Waals surface area contributed by atoms with Gasteiger partial charge in [0.2, 0.25) is 10.0 Å². The van der Waals surface area contributed by atoms with Gasteiger partial charge >= 0.3 is 11.8 Å². The molecule has 2 amide bonds. The molecule has 0 aliphatic carbocycles. The van der Waals surface area contributed by atoms with Crippen LogP contribution >= 0.6 is 0 Å². The van der Waals surface area contributed by atoms with Crippen LogP contribution < -0.4 is 19.8 Å². The lowest BCUT2D eigenvalue weighted by Crippen LogP contribution is -2.52. The Morgan fingerprint density at radius 3 is 2.43 bits per heavy atom. The maximum absolute atomic E-state index is 12.5. The van der Waals surface area contributed by atoms with Crippen molar-refractivity contribution in [3.63, 3.8) is 0 Å². The zero-order chi connectivity index (χ0) is 26.3. The lowest BCUT2D eigenvalue weighted by atomic mass is 10.2. The normalized spacial score (nSPS) is 14.1. The molecule has 37 heavy (non-hydrogen) atoms. The summed E-state index contributed by atoms with van der Waals surface area (Å²) in [5, 5.41) is 3.78. The number of piperazine rings is 1. The molecule has 0 saturated carbocycles. The molecule has 0 atom stereocenters. The van der Waals surface area contributed by atoms with E-state index in [2.05, 4.69) is 20.1 Å². The molecule has 1 fully saturated rings. The summed E-state index contributed by atoms with van der Waals surface area (Å²) in [6, 6.07) is 18.8. The molecule has 0 radical (unpaired) electrons. The van der Waals surface area contributed by atoms with Gasteiger partial charge in [-0.15, -0.1) is 0 Å².